The number of alkyl halides is 2. The minimum absolute atomic E-state index is 0.416. The molecule has 0 aromatic heterocycles. The summed E-state index contributed by atoms with van der Waals surface area (Å²) in [4.78, 5) is 1.97. The van der Waals surface area contributed by atoms with Crippen molar-refractivity contribution in [2.24, 2.45) is 5.92 Å². The number of ether oxygens (including phenoxy) is 1. The van der Waals surface area contributed by atoms with E-state index in [4.69, 9.17) is 4.74 Å². The van der Waals surface area contributed by atoms with E-state index in [1.54, 1.807) is 0 Å². The summed E-state index contributed by atoms with van der Waals surface area (Å²) >= 11 is 2.15. The minimum Gasteiger partial charge on any atom is -0.493 e. The predicted octanol–water partition coefficient (Wildman–Crippen LogP) is 3.64. The molecule has 1 aliphatic heterocycles. The Hall–Kier alpha value is -0.360. The van der Waals surface area contributed by atoms with E-state index in [-0.39, 0.29) is 0 Å². The topological polar surface area (TPSA) is 21.3 Å². The van der Waals surface area contributed by atoms with Crippen LogP contribution in [-0.4, -0.2) is 18.1 Å². The van der Waals surface area contributed by atoms with Crippen LogP contribution in [-0.2, 0) is 6.54 Å². The lowest BCUT2D eigenvalue weighted by molar-refractivity contribution is 0.290. The van der Waals surface area contributed by atoms with E-state index in [9.17, 15) is 4.39 Å². The average molecular weight is 363 g/mol. The zero-order valence-corrected chi connectivity index (χ0v) is 12.7. The van der Waals surface area contributed by atoms with Crippen LogP contribution in [0, 0.1) is 5.92 Å². The highest BCUT2D eigenvalue weighted by Gasteiger charge is 2.23. The van der Waals surface area contributed by atoms with Gasteiger partial charge in [-0.05, 0) is 46.9 Å². The minimum atomic E-state index is -0.895. The third-order valence-corrected chi connectivity index (χ3v) is 3.28. The quantitative estimate of drug-likeness (QED) is 0.654. The monoisotopic (exact) mass is 363 g/mol. The Morgan fingerprint density at radius 1 is 1.39 bits per heavy atom. The molecule has 1 saturated carbocycles. The van der Waals surface area contributed by atoms with Crippen LogP contribution in [0.15, 0.2) is 18.2 Å². The third kappa shape index (κ3) is 3.57. The Morgan fingerprint density at radius 3 is 2.89 bits per heavy atom. The summed E-state index contributed by atoms with van der Waals surface area (Å²) < 4.78 is 19.3. The second-order valence-corrected chi connectivity index (χ2v) is 4.71. The first-order valence-electron chi connectivity index (χ1n) is 6.31. The summed E-state index contributed by atoms with van der Waals surface area (Å²) in [7, 11) is 0. The van der Waals surface area contributed by atoms with Crippen molar-refractivity contribution >= 4 is 22.6 Å². The lowest BCUT2D eigenvalue weighted by Crippen LogP contribution is -2.25. The van der Waals surface area contributed by atoms with Crippen molar-refractivity contribution in [3.63, 3.8) is 0 Å². The lowest BCUT2D eigenvalue weighted by atomic mass is 9.99. The van der Waals surface area contributed by atoms with Gasteiger partial charge in [-0.1, -0.05) is 28.7 Å². The fraction of sp³-hybridized carbons (Fsp3) is 0.571. The summed E-state index contributed by atoms with van der Waals surface area (Å²) in [5, 5.41) is 3.05. The number of hydrogen-bond acceptors (Lipinski definition) is 2. The van der Waals surface area contributed by atoms with Crippen LogP contribution >= 0.6 is 22.6 Å². The summed E-state index contributed by atoms with van der Waals surface area (Å²) in [6, 6.07) is 5.78. The highest BCUT2D eigenvalue weighted by molar-refractivity contribution is 14.1. The van der Waals surface area contributed by atoms with Crippen LogP contribution < -0.4 is 10.1 Å². The van der Waals surface area contributed by atoms with Gasteiger partial charge in [0.15, 0.2) is 0 Å². The lowest BCUT2D eigenvalue weighted by Gasteiger charge is -2.21. The molecule has 0 radical (unpaired) electrons. The fourth-order valence-electron chi connectivity index (χ4n) is 2.06. The second kappa shape index (κ2) is 6.70. The molecule has 0 saturated heterocycles. The largest absolute Gasteiger partial charge is 0.493 e. The van der Waals surface area contributed by atoms with Crippen molar-refractivity contribution in [3.05, 3.63) is 29.3 Å². The Balaban J connectivity index is 0.000000574. The molecule has 100 valence electrons. The van der Waals surface area contributed by atoms with Crippen LogP contribution in [0.25, 0.3) is 0 Å². The molecule has 2 aliphatic rings. The van der Waals surface area contributed by atoms with Crippen molar-refractivity contribution in [3.8, 4) is 5.75 Å². The molecule has 0 spiro atoms. The molecule has 0 amide bonds. The molecule has 1 N–H and O–H groups in total. The molecule has 1 aliphatic carbocycles. The normalized spacial score (nSPS) is 21.6. The van der Waals surface area contributed by atoms with E-state index in [2.05, 4.69) is 27.9 Å². The first-order chi connectivity index (χ1) is 8.83. The van der Waals surface area contributed by atoms with Gasteiger partial charge in [-0.15, -0.1) is 0 Å². The van der Waals surface area contributed by atoms with E-state index >= 15 is 0 Å². The maximum atomic E-state index is 13.6. The maximum Gasteiger partial charge on any atom is 0.138 e. The van der Waals surface area contributed by atoms with Crippen molar-refractivity contribution < 1.29 is 9.13 Å². The molecule has 1 unspecified atom stereocenters. The van der Waals surface area contributed by atoms with Gasteiger partial charge < -0.3 is 10.1 Å². The van der Waals surface area contributed by atoms with Gasteiger partial charge in [-0.3, -0.25) is 0 Å². The van der Waals surface area contributed by atoms with E-state index in [1.807, 2.05) is 23.1 Å². The van der Waals surface area contributed by atoms with Crippen LogP contribution in [0.5, 0.6) is 5.75 Å². The number of fused-ring (bicyclic) bond motifs is 1. The zero-order chi connectivity index (χ0) is 13.0. The van der Waals surface area contributed by atoms with E-state index in [1.165, 1.54) is 12.8 Å². The average Bonchev–Trinajstić information content (AvgIpc) is 3.24. The first kappa shape index (κ1) is 14.1. The summed E-state index contributed by atoms with van der Waals surface area (Å²) in [6.07, 6.45) is 1.66. The summed E-state index contributed by atoms with van der Waals surface area (Å²) in [5.41, 5.74) is 1.85. The van der Waals surface area contributed by atoms with Gasteiger partial charge >= 0.3 is 0 Å². The van der Waals surface area contributed by atoms with Crippen LogP contribution in [0.4, 0.5) is 4.39 Å². The molecule has 1 fully saturated rings. The SMILES string of the molecule is CI.FC1CNCc2ccc(OCC3CC3)cc21. The van der Waals surface area contributed by atoms with Crippen molar-refractivity contribution in [2.75, 3.05) is 18.1 Å². The first-order valence-corrected chi connectivity index (χ1v) is 8.47. The van der Waals surface area contributed by atoms with Crippen molar-refractivity contribution in [1.29, 1.82) is 0 Å². The fourth-order valence-corrected chi connectivity index (χ4v) is 2.06. The second-order valence-electron chi connectivity index (χ2n) is 4.71. The Kier molecular flexibility index (Phi) is 5.24. The molecular formula is C14H19FINO. The van der Waals surface area contributed by atoms with Crippen LogP contribution in [0.2, 0.25) is 0 Å². The number of nitrogens with one attached hydrogen (secondary N) is 1. The van der Waals surface area contributed by atoms with Gasteiger partial charge in [0.25, 0.3) is 0 Å². The number of halogens is 2. The molecule has 1 aromatic rings. The van der Waals surface area contributed by atoms with E-state index in [0.717, 1.165) is 35.9 Å². The molecule has 1 aromatic carbocycles. The van der Waals surface area contributed by atoms with Gasteiger partial charge in [0.05, 0.1) is 6.61 Å². The third-order valence-electron chi connectivity index (χ3n) is 3.28. The molecule has 0 bridgehead atoms. The molecule has 1 heterocycles. The highest BCUT2D eigenvalue weighted by atomic mass is 127. The predicted molar refractivity (Wildman–Crippen MR) is 80.2 cm³/mol. The van der Waals surface area contributed by atoms with E-state index in [0.29, 0.717) is 6.54 Å². The molecule has 1 atom stereocenters. The Labute approximate surface area is 121 Å². The molecule has 2 nitrogen and oxygen atoms in total. The maximum absolute atomic E-state index is 13.6. The molecular weight excluding hydrogens is 344 g/mol. The van der Waals surface area contributed by atoms with Gasteiger partial charge in [0.2, 0.25) is 0 Å². The summed E-state index contributed by atoms with van der Waals surface area (Å²) in [5.74, 6) is 1.55. The molecule has 4 heteroatoms. The number of rotatable bonds is 3. The van der Waals surface area contributed by atoms with Gasteiger partial charge in [-0.25, -0.2) is 4.39 Å². The highest BCUT2D eigenvalue weighted by Crippen LogP contribution is 2.32. The number of benzene rings is 1. The smallest absolute Gasteiger partial charge is 0.138 e. The van der Waals surface area contributed by atoms with Gasteiger partial charge in [-0.2, -0.15) is 0 Å². The van der Waals surface area contributed by atoms with Gasteiger partial charge in [0.1, 0.15) is 11.9 Å². The standard InChI is InChI=1S/C13H16FNO.CH3I/c14-13-7-15-6-10-3-4-11(5-12(10)13)16-8-9-1-2-9;1-2/h3-5,9,13,15H,1-2,6-8H2;1H3. The number of hydrogen-bond donors (Lipinski definition) is 1. The Bertz CT molecular complexity index is 395. The van der Waals surface area contributed by atoms with Crippen LogP contribution in [0.3, 0.4) is 0 Å². The van der Waals surface area contributed by atoms with Crippen molar-refractivity contribution in [2.45, 2.75) is 25.6 Å². The summed E-state index contributed by atoms with van der Waals surface area (Å²) in [6.45, 7) is 1.96. The Morgan fingerprint density at radius 2 is 2.17 bits per heavy atom. The molecule has 18 heavy (non-hydrogen) atoms. The zero-order valence-electron chi connectivity index (χ0n) is 10.6. The van der Waals surface area contributed by atoms with Crippen molar-refractivity contribution in [1.82, 2.24) is 5.32 Å². The molecule has 3 rings (SSSR count). The van der Waals surface area contributed by atoms with Gasteiger partial charge in [0, 0.05) is 13.1 Å². The van der Waals surface area contributed by atoms with E-state index < -0.39 is 6.17 Å². The van der Waals surface area contributed by atoms with Crippen LogP contribution in [0.1, 0.15) is 30.1 Å².